The first kappa shape index (κ1) is 19.8. The van der Waals surface area contributed by atoms with Crippen LogP contribution >= 0.6 is 0 Å². The molecule has 0 aromatic carbocycles. The third-order valence-corrected chi connectivity index (χ3v) is 7.57. The van der Waals surface area contributed by atoms with Gasteiger partial charge in [0.15, 0.2) is 0 Å². The average Bonchev–Trinajstić information content (AvgIpc) is 3.55. The fourth-order valence-corrected chi connectivity index (χ4v) is 5.97. The Morgan fingerprint density at radius 3 is 2.20 bits per heavy atom. The summed E-state index contributed by atoms with van der Waals surface area (Å²) < 4.78 is 0. The first-order valence-corrected chi connectivity index (χ1v) is 11.0. The predicted molar refractivity (Wildman–Crippen MR) is 121 cm³/mol. The highest BCUT2D eigenvalue weighted by molar-refractivity contribution is 6.75. The van der Waals surface area contributed by atoms with E-state index in [4.69, 9.17) is 0 Å². The van der Waals surface area contributed by atoms with E-state index in [1.165, 1.54) is 12.3 Å². The van der Waals surface area contributed by atoms with Crippen LogP contribution in [0.15, 0.2) is 29.2 Å². The highest BCUT2D eigenvalue weighted by Crippen LogP contribution is 2.44. The number of Topliss-reactive ketones (excluding diaryl/α,β-unsaturated/α-hetero) is 6. The van der Waals surface area contributed by atoms with Crippen LogP contribution in [-0.2, 0) is 28.8 Å². The summed E-state index contributed by atoms with van der Waals surface area (Å²) >= 11 is 0. The van der Waals surface area contributed by atoms with E-state index in [1.807, 2.05) is 0 Å². The van der Waals surface area contributed by atoms with E-state index in [2.05, 4.69) is 15.3 Å². The summed E-state index contributed by atoms with van der Waals surface area (Å²) in [5.74, 6) is -5.26. The highest BCUT2D eigenvalue weighted by atomic mass is 16.2. The minimum Gasteiger partial charge on any atom is -0.383 e. The molecule has 5 aliphatic rings. The molecule has 2 aromatic rings. The zero-order chi connectivity index (χ0) is 24.5. The molecule has 1 saturated heterocycles. The van der Waals surface area contributed by atoms with Gasteiger partial charge in [0.25, 0.3) is 0 Å². The Morgan fingerprint density at radius 1 is 0.743 bits per heavy atom. The molecule has 0 spiro atoms. The first-order chi connectivity index (χ1) is 16.7. The monoisotopic (exact) mass is 465 g/mol. The standard InChI is InChI=1S/C26H15N3O6/c1-7-4-27-20-9(7)3-12(30)23(32)17(20)18-21-14-11(6-29-21)15-13-10(16(14)25(34)26(18)35)5-28-19(13)8(2)22(31)24(15)33/h3-4,6,10,27-29H,5H2,1-2H3. The van der Waals surface area contributed by atoms with E-state index in [0.717, 1.165) is 0 Å². The van der Waals surface area contributed by atoms with E-state index < -0.39 is 40.6 Å². The lowest BCUT2D eigenvalue weighted by atomic mass is 9.71. The Hall–Kier alpha value is -4.66. The van der Waals surface area contributed by atoms with E-state index in [1.54, 1.807) is 20.0 Å². The Bertz CT molecular complexity index is 1920. The van der Waals surface area contributed by atoms with Crippen LogP contribution in [0.2, 0.25) is 0 Å². The van der Waals surface area contributed by atoms with Crippen LogP contribution in [0.3, 0.4) is 0 Å². The van der Waals surface area contributed by atoms with E-state index in [-0.39, 0.29) is 45.1 Å². The van der Waals surface area contributed by atoms with Crippen molar-refractivity contribution in [3.8, 4) is 0 Å². The van der Waals surface area contributed by atoms with Crippen molar-refractivity contribution in [1.82, 2.24) is 15.3 Å². The molecular formula is C26H15N3O6. The molecule has 9 nitrogen and oxygen atoms in total. The van der Waals surface area contributed by atoms with Gasteiger partial charge in [0.05, 0.1) is 21.8 Å². The maximum absolute atomic E-state index is 13.6. The number of hydrogen-bond donors (Lipinski definition) is 3. The van der Waals surface area contributed by atoms with Crippen molar-refractivity contribution >= 4 is 63.1 Å². The summed E-state index contributed by atoms with van der Waals surface area (Å²) in [5, 5.41) is 4.44. The van der Waals surface area contributed by atoms with Crippen molar-refractivity contribution in [2.45, 2.75) is 13.8 Å². The Morgan fingerprint density at radius 2 is 1.43 bits per heavy atom. The van der Waals surface area contributed by atoms with Gasteiger partial charge in [-0.3, -0.25) is 28.8 Å². The Balaban J connectivity index is 1.68. The van der Waals surface area contributed by atoms with Crippen molar-refractivity contribution in [3.63, 3.8) is 0 Å². The predicted octanol–water partition coefficient (Wildman–Crippen LogP) is -2.70. The fourth-order valence-electron chi connectivity index (χ4n) is 5.97. The van der Waals surface area contributed by atoms with E-state index in [9.17, 15) is 28.8 Å². The molecule has 0 bridgehead atoms. The number of aromatic amines is 2. The molecule has 1 aliphatic heterocycles. The van der Waals surface area contributed by atoms with Crippen LogP contribution in [0.5, 0.6) is 0 Å². The molecule has 35 heavy (non-hydrogen) atoms. The molecule has 1 fully saturated rings. The number of carbonyl (C=O) groups excluding carboxylic acids is 6. The fraction of sp³-hybridized carbons (Fsp3) is 0.154. The van der Waals surface area contributed by atoms with Gasteiger partial charge in [-0.1, -0.05) is 0 Å². The second-order valence-electron chi connectivity index (χ2n) is 9.25. The van der Waals surface area contributed by atoms with Crippen LogP contribution in [0.4, 0.5) is 0 Å². The van der Waals surface area contributed by atoms with E-state index >= 15 is 0 Å². The number of fused-ring (bicyclic) bond motifs is 3. The molecular weight excluding hydrogens is 450 g/mol. The SMILES string of the molecule is CC1=C2NCC3C2=C(C(=O)C1=O)c1c[nH]c2c1=C3C(=O)C(=O)C=2C1=c2[nH]cc(C)c2=CC(=O)C1=O. The zero-order valence-corrected chi connectivity index (χ0v) is 18.5. The zero-order valence-electron chi connectivity index (χ0n) is 18.5. The number of carbonyl (C=O) groups is 6. The second-order valence-corrected chi connectivity index (χ2v) is 9.25. The molecule has 0 radical (unpaired) electrons. The van der Waals surface area contributed by atoms with Gasteiger partial charge in [-0.15, -0.1) is 0 Å². The third kappa shape index (κ3) is 2.09. The first-order valence-electron chi connectivity index (χ1n) is 11.0. The number of hydrogen-bond acceptors (Lipinski definition) is 7. The maximum atomic E-state index is 13.6. The van der Waals surface area contributed by atoms with E-state index in [0.29, 0.717) is 32.8 Å². The summed E-state index contributed by atoms with van der Waals surface area (Å²) in [7, 11) is 0. The summed E-state index contributed by atoms with van der Waals surface area (Å²) in [6, 6.07) is 0. The van der Waals surface area contributed by atoms with Crippen molar-refractivity contribution in [2.24, 2.45) is 5.92 Å². The lowest BCUT2D eigenvalue weighted by molar-refractivity contribution is -0.131. The minimum atomic E-state index is -0.898. The lowest BCUT2D eigenvalue weighted by Crippen LogP contribution is -2.49. The summed E-state index contributed by atoms with van der Waals surface area (Å²) in [6.45, 7) is 3.57. The molecule has 0 saturated carbocycles. The molecule has 1 unspecified atom stereocenters. The van der Waals surface area contributed by atoms with Crippen LogP contribution in [0, 0.1) is 12.8 Å². The van der Waals surface area contributed by atoms with Gasteiger partial charge < -0.3 is 15.3 Å². The van der Waals surface area contributed by atoms with Gasteiger partial charge >= 0.3 is 0 Å². The van der Waals surface area contributed by atoms with Crippen LogP contribution in [-0.4, -0.2) is 51.2 Å². The highest BCUT2D eigenvalue weighted by Gasteiger charge is 2.49. The quantitative estimate of drug-likeness (QED) is 0.307. The normalized spacial score (nSPS) is 22.6. The van der Waals surface area contributed by atoms with Gasteiger partial charge in [0.1, 0.15) is 0 Å². The van der Waals surface area contributed by atoms with Crippen molar-refractivity contribution in [2.75, 3.05) is 6.54 Å². The summed E-state index contributed by atoms with van der Waals surface area (Å²) in [4.78, 5) is 84.5. The molecule has 4 aliphatic carbocycles. The summed E-state index contributed by atoms with van der Waals surface area (Å²) in [6.07, 6.45) is 4.32. The number of aromatic nitrogens is 2. The van der Waals surface area contributed by atoms with Gasteiger partial charge in [0.2, 0.25) is 34.7 Å². The molecule has 3 heterocycles. The van der Waals surface area contributed by atoms with Crippen molar-refractivity contribution in [1.29, 1.82) is 0 Å². The van der Waals surface area contributed by atoms with Crippen LogP contribution in [0.25, 0.3) is 28.4 Å². The molecule has 2 aromatic heterocycles. The largest absolute Gasteiger partial charge is 0.383 e. The van der Waals surface area contributed by atoms with Crippen molar-refractivity contribution in [3.05, 3.63) is 61.5 Å². The van der Waals surface area contributed by atoms with Crippen LogP contribution in [0.1, 0.15) is 18.1 Å². The molecule has 0 amide bonds. The minimum absolute atomic E-state index is 0.172. The number of aryl methyl sites for hydroxylation is 1. The number of H-pyrrole nitrogens is 2. The lowest BCUT2D eigenvalue weighted by Gasteiger charge is -2.27. The third-order valence-electron chi connectivity index (χ3n) is 7.57. The maximum Gasteiger partial charge on any atom is 0.236 e. The number of rotatable bonds is 1. The summed E-state index contributed by atoms with van der Waals surface area (Å²) in [5.41, 5.74) is 2.47. The van der Waals surface area contributed by atoms with Gasteiger partial charge in [-0.05, 0) is 31.1 Å². The molecule has 3 N–H and O–H groups in total. The number of ketones is 6. The topological polar surface area (TPSA) is 146 Å². The average molecular weight is 465 g/mol. The van der Waals surface area contributed by atoms with Crippen molar-refractivity contribution < 1.29 is 28.8 Å². The smallest absolute Gasteiger partial charge is 0.236 e. The second kappa shape index (κ2) is 6.06. The van der Waals surface area contributed by atoms with Gasteiger partial charge in [-0.2, -0.15) is 0 Å². The molecule has 7 rings (SSSR count). The van der Waals surface area contributed by atoms with Gasteiger partial charge in [-0.25, -0.2) is 0 Å². The number of nitrogens with one attached hydrogen (secondary N) is 3. The molecule has 170 valence electrons. The van der Waals surface area contributed by atoms with Gasteiger partial charge in [0, 0.05) is 63.3 Å². The Kier molecular flexibility index (Phi) is 3.43. The van der Waals surface area contributed by atoms with Crippen LogP contribution < -0.4 is 26.5 Å². The molecule has 1 atom stereocenters. The Labute approximate surface area is 195 Å². The molecule has 9 heteroatoms. The number of allylic oxidation sites excluding steroid dienone is 3.